The topological polar surface area (TPSA) is 109 Å². The summed E-state index contributed by atoms with van der Waals surface area (Å²) in [5, 5.41) is 14.2. The molecule has 2 aromatic heterocycles. The minimum absolute atomic E-state index is 0.00934. The van der Waals surface area contributed by atoms with E-state index in [1.807, 2.05) is 31.2 Å². The number of piperazine rings is 1. The molecule has 0 radical (unpaired) electrons. The highest BCUT2D eigenvalue weighted by Crippen LogP contribution is 2.37. The number of benzene rings is 2. The van der Waals surface area contributed by atoms with Gasteiger partial charge in [-0.2, -0.15) is 18.3 Å². The van der Waals surface area contributed by atoms with Crippen molar-refractivity contribution in [3.8, 4) is 17.0 Å². The van der Waals surface area contributed by atoms with Crippen LogP contribution in [-0.4, -0.2) is 74.8 Å². The van der Waals surface area contributed by atoms with Crippen LogP contribution in [0.3, 0.4) is 0 Å². The van der Waals surface area contributed by atoms with E-state index in [2.05, 4.69) is 15.0 Å². The number of nitrogens with two attached hydrogens (primary N) is 1. The summed E-state index contributed by atoms with van der Waals surface area (Å²) in [6.07, 6.45) is -3.58. The number of nitrogens with zero attached hydrogens (tertiary/aromatic N) is 5. The Kier molecular flexibility index (Phi) is 8.22. The van der Waals surface area contributed by atoms with Gasteiger partial charge < -0.3 is 20.5 Å². The number of aromatic nitrogens is 3. The number of hydrogen-bond donors (Lipinski definition) is 2. The van der Waals surface area contributed by atoms with E-state index < -0.39 is 17.8 Å². The summed E-state index contributed by atoms with van der Waals surface area (Å²) in [5.74, 6) is 0.102. The Hall–Kier alpha value is -4.00. The van der Waals surface area contributed by atoms with Crippen molar-refractivity contribution in [3.05, 3.63) is 82.7 Å². The molecule has 1 aliphatic rings. The molecule has 9 nitrogen and oxygen atoms in total. The Bertz CT molecular complexity index is 1590. The van der Waals surface area contributed by atoms with E-state index in [0.717, 1.165) is 17.3 Å². The van der Waals surface area contributed by atoms with Crippen molar-refractivity contribution in [2.75, 3.05) is 33.4 Å². The molecule has 3 heterocycles. The van der Waals surface area contributed by atoms with Gasteiger partial charge in [-0.1, -0.05) is 24.3 Å². The average molecular weight is 583 g/mol. The van der Waals surface area contributed by atoms with E-state index in [4.69, 9.17) is 10.5 Å². The molecule has 0 saturated carbocycles. The van der Waals surface area contributed by atoms with Crippen LogP contribution in [0.25, 0.3) is 16.9 Å². The highest BCUT2D eigenvalue weighted by molar-refractivity contribution is 6.00. The summed E-state index contributed by atoms with van der Waals surface area (Å²) >= 11 is 0. The molecule has 0 bridgehead atoms. The van der Waals surface area contributed by atoms with Crippen molar-refractivity contribution in [2.45, 2.75) is 38.7 Å². The van der Waals surface area contributed by atoms with E-state index in [1.165, 1.54) is 14.0 Å². The van der Waals surface area contributed by atoms with Gasteiger partial charge >= 0.3 is 6.18 Å². The molecule has 5 rings (SSSR count). The number of ether oxygens (including phenoxy) is 1. The van der Waals surface area contributed by atoms with Gasteiger partial charge in [0.2, 0.25) is 0 Å². The summed E-state index contributed by atoms with van der Waals surface area (Å²) in [4.78, 5) is 22.1. The summed E-state index contributed by atoms with van der Waals surface area (Å²) in [6, 6.07) is 13.7. The zero-order valence-electron chi connectivity index (χ0n) is 23.6. The lowest BCUT2D eigenvalue weighted by Crippen LogP contribution is -2.55. The molecule has 1 amide bonds. The molecule has 222 valence electrons. The van der Waals surface area contributed by atoms with E-state index in [1.54, 1.807) is 29.2 Å². The molecule has 4 aromatic rings. The fraction of sp³-hybridized carbons (Fsp3) is 0.367. The van der Waals surface area contributed by atoms with Crippen LogP contribution in [0.5, 0.6) is 5.75 Å². The fourth-order valence-electron chi connectivity index (χ4n) is 5.67. The number of alkyl halides is 3. The molecule has 2 atom stereocenters. The third-order valence-electron chi connectivity index (χ3n) is 7.85. The number of halogens is 3. The summed E-state index contributed by atoms with van der Waals surface area (Å²) in [7, 11) is 1.50. The SMILES string of the molecule is COc1ccc(-c2nc3c(C(=O)N4CCN([C@@H](CO)c5cccc(CN)c5)C[C@H]4C)cnn3c(C(F)(F)F)c2C)cc1. The predicted octanol–water partition coefficient (Wildman–Crippen LogP) is 4.07. The Labute approximate surface area is 241 Å². The molecule has 1 saturated heterocycles. The monoisotopic (exact) mass is 582 g/mol. The Morgan fingerprint density at radius 1 is 1.19 bits per heavy atom. The predicted molar refractivity (Wildman–Crippen MR) is 151 cm³/mol. The van der Waals surface area contributed by atoms with Gasteiger partial charge in [0.15, 0.2) is 11.3 Å². The van der Waals surface area contributed by atoms with Gasteiger partial charge in [0, 0.05) is 43.3 Å². The maximum absolute atomic E-state index is 14.3. The first-order valence-electron chi connectivity index (χ1n) is 13.6. The minimum atomic E-state index is -4.74. The standard InChI is InChI=1S/C30H33F3N6O3/c1-18-16-37(25(17-40)22-6-4-5-20(13-22)14-34)11-12-38(18)29(41)24-15-35-39-27(30(31,32)33)19(2)26(36-28(24)39)21-7-9-23(42-3)10-8-21/h4-10,13,15,18,25,40H,11-12,14,16-17,34H2,1-3H3/t18-,25+/m1/s1. The molecule has 1 aliphatic heterocycles. The van der Waals surface area contributed by atoms with Crippen LogP contribution in [-0.2, 0) is 12.7 Å². The zero-order valence-corrected chi connectivity index (χ0v) is 23.6. The smallest absolute Gasteiger partial charge is 0.433 e. The number of fused-ring (bicyclic) bond motifs is 1. The van der Waals surface area contributed by atoms with Gasteiger partial charge in [-0.05, 0) is 49.2 Å². The lowest BCUT2D eigenvalue weighted by atomic mass is 10.0. The van der Waals surface area contributed by atoms with Gasteiger partial charge in [-0.15, -0.1) is 0 Å². The van der Waals surface area contributed by atoms with Crippen LogP contribution < -0.4 is 10.5 Å². The maximum atomic E-state index is 14.3. The number of amides is 1. The molecule has 0 aliphatic carbocycles. The lowest BCUT2D eigenvalue weighted by Gasteiger charge is -2.43. The van der Waals surface area contributed by atoms with Crippen molar-refractivity contribution >= 4 is 11.6 Å². The number of hydrogen-bond acceptors (Lipinski definition) is 7. The molecule has 2 aromatic carbocycles. The van der Waals surface area contributed by atoms with Gasteiger partial charge in [-0.3, -0.25) is 9.69 Å². The lowest BCUT2D eigenvalue weighted by molar-refractivity contribution is -0.143. The molecular weight excluding hydrogens is 549 g/mol. The normalized spacial score (nSPS) is 17.0. The molecule has 0 unspecified atom stereocenters. The van der Waals surface area contributed by atoms with Crippen LogP contribution in [0.4, 0.5) is 13.2 Å². The first kappa shape index (κ1) is 29.5. The number of methoxy groups -OCH3 is 1. The Balaban J connectivity index is 1.47. The second kappa shape index (κ2) is 11.7. The first-order chi connectivity index (χ1) is 20.1. The van der Waals surface area contributed by atoms with E-state index in [-0.39, 0.29) is 41.2 Å². The number of carbonyl (C=O) groups excluding carboxylic acids is 1. The number of rotatable bonds is 7. The molecule has 42 heavy (non-hydrogen) atoms. The highest BCUT2D eigenvalue weighted by atomic mass is 19.4. The van der Waals surface area contributed by atoms with Crippen LogP contribution >= 0.6 is 0 Å². The van der Waals surface area contributed by atoms with Crippen LogP contribution in [0, 0.1) is 6.92 Å². The second-order valence-corrected chi connectivity index (χ2v) is 10.4. The summed E-state index contributed by atoms with van der Waals surface area (Å²) in [5.41, 5.74) is 6.99. The van der Waals surface area contributed by atoms with Crippen molar-refractivity contribution in [1.29, 1.82) is 0 Å². The van der Waals surface area contributed by atoms with E-state index in [0.29, 0.717) is 42.0 Å². The number of carbonyl (C=O) groups is 1. The second-order valence-electron chi connectivity index (χ2n) is 10.4. The highest BCUT2D eigenvalue weighted by Gasteiger charge is 2.39. The van der Waals surface area contributed by atoms with Gasteiger partial charge in [0.05, 0.1) is 31.6 Å². The molecule has 3 N–H and O–H groups in total. The van der Waals surface area contributed by atoms with Crippen LogP contribution in [0.1, 0.15) is 45.7 Å². The molecule has 12 heteroatoms. The molecule has 1 fully saturated rings. The third kappa shape index (κ3) is 5.44. The van der Waals surface area contributed by atoms with E-state index >= 15 is 0 Å². The molecular formula is C30H33F3N6O3. The van der Waals surface area contributed by atoms with Crippen molar-refractivity contribution < 1.29 is 27.8 Å². The molecule has 0 spiro atoms. The first-order valence-corrected chi connectivity index (χ1v) is 13.6. The number of aliphatic hydroxyl groups is 1. The minimum Gasteiger partial charge on any atom is -0.497 e. The van der Waals surface area contributed by atoms with Crippen LogP contribution in [0.2, 0.25) is 0 Å². The fourth-order valence-corrected chi connectivity index (χ4v) is 5.67. The average Bonchev–Trinajstić information content (AvgIpc) is 3.39. The van der Waals surface area contributed by atoms with Crippen molar-refractivity contribution in [3.63, 3.8) is 0 Å². The number of aliphatic hydroxyl groups excluding tert-OH is 1. The summed E-state index contributed by atoms with van der Waals surface area (Å²) in [6.45, 7) is 4.73. The van der Waals surface area contributed by atoms with Gasteiger partial charge in [-0.25, -0.2) is 9.50 Å². The van der Waals surface area contributed by atoms with Gasteiger partial charge in [0.1, 0.15) is 11.3 Å². The largest absolute Gasteiger partial charge is 0.497 e. The Morgan fingerprint density at radius 3 is 2.55 bits per heavy atom. The Morgan fingerprint density at radius 2 is 1.93 bits per heavy atom. The van der Waals surface area contributed by atoms with Crippen molar-refractivity contribution in [1.82, 2.24) is 24.4 Å². The maximum Gasteiger partial charge on any atom is 0.433 e. The zero-order chi connectivity index (χ0) is 30.2. The summed E-state index contributed by atoms with van der Waals surface area (Å²) < 4.78 is 48.9. The third-order valence-corrected chi connectivity index (χ3v) is 7.85. The van der Waals surface area contributed by atoms with Crippen molar-refractivity contribution in [2.24, 2.45) is 5.73 Å². The van der Waals surface area contributed by atoms with Gasteiger partial charge in [0.25, 0.3) is 5.91 Å². The van der Waals surface area contributed by atoms with E-state index in [9.17, 15) is 23.1 Å². The quantitative estimate of drug-likeness (QED) is 0.338. The van der Waals surface area contributed by atoms with Crippen LogP contribution in [0.15, 0.2) is 54.7 Å².